The minimum Gasteiger partial charge on any atom is -0.492 e. The Labute approximate surface area is 116 Å². The summed E-state index contributed by atoms with van der Waals surface area (Å²) in [6.07, 6.45) is 3.44. The van der Waals surface area contributed by atoms with Gasteiger partial charge in [0.05, 0.1) is 18.3 Å². The van der Waals surface area contributed by atoms with Gasteiger partial charge in [-0.05, 0) is 18.2 Å². The molecule has 0 aliphatic carbocycles. The van der Waals surface area contributed by atoms with Crippen molar-refractivity contribution in [2.45, 2.75) is 6.54 Å². The van der Waals surface area contributed by atoms with Crippen molar-refractivity contribution in [3.8, 4) is 5.75 Å². The highest BCUT2D eigenvalue weighted by Gasteiger charge is 2.03. The Bertz CT molecular complexity index is 542. The monoisotopic (exact) mass is 276 g/mol. The zero-order chi connectivity index (χ0) is 14.2. The zero-order valence-corrected chi connectivity index (χ0v) is 10.9. The third-order valence-electron chi connectivity index (χ3n) is 2.62. The molecule has 0 bridgehead atoms. The van der Waals surface area contributed by atoms with Gasteiger partial charge in [0.25, 0.3) is 0 Å². The standard InChI is InChI=1S/C13H16N4O3/c18-13(19)11-2-1-3-12(10-11)20-9-6-14-4-7-17-8-5-15-16-17/h1-3,5,8,10,14H,4,6-7,9H2,(H,18,19). The summed E-state index contributed by atoms with van der Waals surface area (Å²) in [6.45, 7) is 2.66. The van der Waals surface area contributed by atoms with E-state index in [1.54, 1.807) is 29.2 Å². The summed E-state index contributed by atoms with van der Waals surface area (Å²) in [5.74, 6) is -0.399. The summed E-state index contributed by atoms with van der Waals surface area (Å²) < 4.78 is 7.21. The van der Waals surface area contributed by atoms with Crippen molar-refractivity contribution >= 4 is 5.97 Å². The van der Waals surface area contributed by atoms with Gasteiger partial charge >= 0.3 is 5.97 Å². The summed E-state index contributed by atoms with van der Waals surface area (Å²) in [6, 6.07) is 6.45. The number of carboxylic acid groups (broad SMARTS) is 1. The van der Waals surface area contributed by atoms with E-state index in [0.29, 0.717) is 18.9 Å². The second-order valence-electron chi connectivity index (χ2n) is 4.10. The first-order chi connectivity index (χ1) is 9.75. The summed E-state index contributed by atoms with van der Waals surface area (Å²) >= 11 is 0. The largest absolute Gasteiger partial charge is 0.492 e. The Morgan fingerprint density at radius 1 is 1.40 bits per heavy atom. The predicted molar refractivity (Wildman–Crippen MR) is 71.8 cm³/mol. The molecule has 106 valence electrons. The molecule has 0 aliphatic rings. The highest BCUT2D eigenvalue weighted by atomic mass is 16.5. The fourth-order valence-electron chi connectivity index (χ4n) is 1.63. The lowest BCUT2D eigenvalue weighted by atomic mass is 10.2. The van der Waals surface area contributed by atoms with Crippen LogP contribution in [0.3, 0.4) is 0 Å². The number of ether oxygens (including phenoxy) is 1. The summed E-state index contributed by atoms with van der Waals surface area (Å²) in [5, 5.41) is 19.6. The molecule has 0 unspecified atom stereocenters. The maximum atomic E-state index is 10.8. The molecule has 0 aliphatic heterocycles. The molecular formula is C13H16N4O3. The molecule has 0 fully saturated rings. The van der Waals surface area contributed by atoms with Gasteiger partial charge in [-0.2, -0.15) is 0 Å². The van der Waals surface area contributed by atoms with Gasteiger partial charge in [0, 0.05) is 19.3 Å². The Morgan fingerprint density at radius 2 is 2.30 bits per heavy atom. The van der Waals surface area contributed by atoms with E-state index in [2.05, 4.69) is 15.6 Å². The smallest absolute Gasteiger partial charge is 0.335 e. The number of nitrogens with one attached hydrogen (secondary N) is 1. The lowest BCUT2D eigenvalue weighted by Crippen LogP contribution is -2.25. The van der Waals surface area contributed by atoms with E-state index < -0.39 is 5.97 Å². The number of hydrogen-bond donors (Lipinski definition) is 2. The van der Waals surface area contributed by atoms with Crippen molar-refractivity contribution in [2.75, 3.05) is 19.7 Å². The van der Waals surface area contributed by atoms with E-state index >= 15 is 0 Å². The summed E-state index contributed by atoms with van der Waals surface area (Å²) in [7, 11) is 0. The molecule has 2 aromatic rings. The Hall–Kier alpha value is -2.41. The number of benzene rings is 1. The average molecular weight is 276 g/mol. The lowest BCUT2D eigenvalue weighted by molar-refractivity contribution is 0.0696. The van der Waals surface area contributed by atoms with Gasteiger partial charge in [0.15, 0.2) is 0 Å². The zero-order valence-electron chi connectivity index (χ0n) is 10.9. The first-order valence-electron chi connectivity index (χ1n) is 6.26. The van der Waals surface area contributed by atoms with Crippen LogP contribution in [0.4, 0.5) is 0 Å². The Kier molecular flexibility index (Phi) is 5.08. The van der Waals surface area contributed by atoms with E-state index in [4.69, 9.17) is 9.84 Å². The molecule has 2 rings (SSSR count). The second kappa shape index (κ2) is 7.25. The van der Waals surface area contributed by atoms with Crippen LogP contribution < -0.4 is 10.1 Å². The van der Waals surface area contributed by atoms with Crippen molar-refractivity contribution in [3.05, 3.63) is 42.2 Å². The van der Waals surface area contributed by atoms with Crippen molar-refractivity contribution < 1.29 is 14.6 Å². The maximum Gasteiger partial charge on any atom is 0.335 e. The van der Waals surface area contributed by atoms with E-state index in [1.165, 1.54) is 12.1 Å². The SMILES string of the molecule is O=C(O)c1cccc(OCCNCCn2ccnn2)c1. The fourth-order valence-corrected chi connectivity index (χ4v) is 1.63. The molecule has 0 amide bonds. The molecule has 0 radical (unpaired) electrons. The van der Waals surface area contributed by atoms with Crippen LogP contribution in [0.2, 0.25) is 0 Å². The number of rotatable bonds is 8. The number of hydrogen-bond acceptors (Lipinski definition) is 5. The van der Waals surface area contributed by atoms with Crippen molar-refractivity contribution in [3.63, 3.8) is 0 Å². The summed E-state index contributed by atoms with van der Waals surface area (Å²) in [5.41, 5.74) is 0.224. The molecule has 7 heteroatoms. The number of nitrogens with zero attached hydrogens (tertiary/aromatic N) is 3. The molecule has 1 heterocycles. The normalized spacial score (nSPS) is 10.4. The van der Waals surface area contributed by atoms with E-state index in [1.807, 2.05) is 0 Å². The van der Waals surface area contributed by atoms with Gasteiger partial charge in [-0.1, -0.05) is 11.3 Å². The predicted octanol–water partition coefficient (Wildman–Crippen LogP) is 0.645. The van der Waals surface area contributed by atoms with Crippen LogP contribution in [0.25, 0.3) is 0 Å². The number of carboxylic acids is 1. The third kappa shape index (κ3) is 4.36. The molecular weight excluding hydrogens is 260 g/mol. The van der Waals surface area contributed by atoms with Crippen LogP contribution in [0.15, 0.2) is 36.7 Å². The van der Waals surface area contributed by atoms with Crippen LogP contribution in [0.1, 0.15) is 10.4 Å². The third-order valence-corrected chi connectivity index (χ3v) is 2.62. The quantitative estimate of drug-likeness (QED) is 0.688. The lowest BCUT2D eigenvalue weighted by Gasteiger charge is -2.08. The molecule has 0 saturated carbocycles. The highest BCUT2D eigenvalue weighted by molar-refractivity contribution is 5.87. The highest BCUT2D eigenvalue weighted by Crippen LogP contribution is 2.12. The molecule has 0 spiro atoms. The van der Waals surface area contributed by atoms with Crippen LogP contribution in [0, 0.1) is 0 Å². The Morgan fingerprint density at radius 3 is 3.05 bits per heavy atom. The molecule has 2 N–H and O–H groups in total. The number of aromatic carboxylic acids is 1. The number of carbonyl (C=O) groups is 1. The van der Waals surface area contributed by atoms with Crippen molar-refractivity contribution in [1.82, 2.24) is 20.3 Å². The van der Waals surface area contributed by atoms with E-state index in [0.717, 1.165) is 13.1 Å². The van der Waals surface area contributed by atoms with Gasteiger partial charge in [-0.15, -0.1) is 5.10 Å². The van der Waals surface area contributed by atoms with Gasteiger partial charge in [-0.3, -0.25) is 4.68 Å². The minimum atomic E-state index is -0.957. The van der Waals surface area contributed by atoms with Gasteiger partial charge in [-0.25, -0.2) is 4.79 Å². The molecule has 1 aromatic carbocycles. The van der Waals surface area contributed by atoms with Crippen LogP contribution >= 0.6 is 0 Å². The second-order valence-corrected chi connectivity index (χ2v) is 4.10. The Balaban J connectivity index is 1.63. The first kappa shape index (κ1) is 14.0. The molecule has 1 aromatic heterocycles. The average Bonchev–Trinajstić information content (AvgIpc) is 2.96. The van der Waals surface area contributed by atoms with Gasteiger partial charge in [0.1, 0.15) is 12.4 Å². The fraction of sp³-hybridized carbons (Fsp3) is 0.308. The topological polar surface area (TPSA) is 89.3 Å². The van der Waals surface area contributed by atoms with E-state index in [9.17, 15) is 4.79 Å². The van der Waals surface area contributed by atoms with Gasteiger partial charge < -0.3 is 15.2 Å². The van der Waals surface area contributed by atoms with Crippen molar-refractivity contribution in [1.29, 1.82) is 0 Å². The summed E-state index contributed by atoms with van der Waals surface area (Å²) in [4.78, 5) is 10.8. The van der Waals surface area contributed by atoms with Gasteiger partial charge in [0.2, 0.25) is 0 Å². The van der Waals surface area contributed by atoms with Crippen molar-refractivity contribution in [2.24, 2.45) is 0 Å². The maximum absolute atomic E-state index is 10.8. The molecule has 7 nitrogen and oxygen atoms in total. The van der Waals surface area contributed by atoms with Crippen LogP contribution in [-0.4, -0.2) is 45.8 Å². The first-order valence-corrected chi connectivity index (χ1v) is 6.26. The molecule has 20 heavy (non-hydrogen) atoms. The minimum absolute atomic E-state index is 0.224. The van der Waals surface area contributed by atoms with E-state index in [-0.39, 0.29) is 5.56 Å². The van der Waals surface area contributed by atoms with Crippen LogP contribution in [-0.2, 0) is 6.54 Å². The molecule has 0 saturated heterocycles. The van der Waals surface area contributed by atoms with Crippen LogP contribution in [0.5, 0.6) is 5.75 Å². The molecule has 0 atom stereocenters. The number of aromatic nitrogens is 3.